The maximum absolute atomic E-state index is 17.1. The average Bonchev–Trinajstić information content (AvgIpc) is 3.93. The first-order valence-corrected chi connectivity index (χ1v) is 16.9. The lowest BCUT2D eigenvalue weighted by Gasteiger charge is -2.34. The Labute approximate surface area is 282 Å². The van der Waals surface area contributed by atoms with Crippen molar-refractivity contribution in [1.82, 2.24) is 25.2 Å². The molecule has 2 aromatic carbocycles. The van der Waals surface area contributed by atoms with E-state index in [2.05, 4.69) is 37.1 Å². The highest BCUT2D eigenvalue weighted by molar-refractivity contribution is 6.04. The largest absolute Gasteiger partial charge is 0.508 e. The van der Waals surface area contributed by atoms with Crippen LogP contribution in [0.25, 0.3) is 32.9 Å². The molecular weight excluding hydrogens is 628 g/mol. The molecule has 12 heteroatoms. The predicted molar refractivity (Wildman–Crippen MR) is 178 cm³/mol. The van der Waals surface area contributed by atoms with Crippen molar-refractivity contribution in [1.29, 1.82) is 5.26 Å². The second-order valence-corrected chi connectivity index (χ2v) is 14.5. The molecule has 10 nitrogen and oxygen atoms in total. The van der Waals surface area contributed by atoms with Crippen molar-refractivity contribution in [3.05, 3.63) is 41.5 Å². The minimum absolute atomic E-state index is 0.0403. The molecule has 0 spiro atoms. The lowest BCUT2D eigenvalue weighted by atomic mass is 9.95. The highest BCUT2D eigenvalue weighted by atomic mass is 19.1. The van der Waals surface area contributed by atoms with Gasteiger partial charge in [-0.25, -0.2) is 13.8 Å². The number of aromatic nitrogens is 3. The molecule has 4 aromatic rings. The Morgan fingerprint density at radius 3 is 2.49 bits per heavy atom. The van der Waals surface area contributed by atoms with Gasteiger partial charge in [0.15, 0.2) is 5.82 Å². The second-order valence-electron chi connectivity index (χ2n) is 14.5. The number of aromatic hydroxyl groups is 1. The Bertz CT molecular complexity index is 2100. The molecule has 0 radical (unpaired) electrons. The molecule has 3 aliphatic heterocycles. The monoisotopic (exact) mass is 663 g/mol. The van der Waals surface area contributed by atoms with Crippen LogP contribution in [0.4, 0.5) is 14.6 Å². The van der Waals surface area contributed by atoms with Crippen LogP contribution in [-0.4, -0.2) is 83.5 Å². The number of ether oxygens (including phenoxy) is 2. The zero-order chi connectivity index (χ0) is 33.6. The van der Waals surface area contributed by atoms with Crippen molar-refractivity contribution in [2.24, 2.45) is 23.2 Å². The normalized spacial score (nSPS) is 26.4. The van der Waals surface area contributed by atoms with Crippen LogP contribution in [0.15, 0.2) is 24.3 Å². The molecule has 2 saturated carbocycles. The molecule has 4 unspecified atom stereocenters. The van der Waals surface area contributed by atoms with Gasteiger partial charge >= 0.3 is 6.01 Å². The number of terminal acetylenes is 1. The third kappa shape index (κ3) is 5.00. The zero-order valence-electron chi connectivity index (χ0n) is 27.0. The number of nitrogens with one attached hydrogen (secondary N) is 1. The number of nitriles is 1. The van der Waals surface area contributed by atoms with Gasteiger partial charge in [-0.2, -0.15) is 15.2 Å². The van der Waals surface area contributed by atoms with E-state index in [0.29, 0.717) is 48.1 Å². The summed E-state index contributed by atoms with van der Waals surface area (Å²) in [5.74, 6) is 2.55. The summed E-state index contributed by atoms with van der Waals surface area (Å²) >= 11 is 0. The van der Waals surface area contributed by atoms with Crippen LogP contribution in [0.1, 0.15) is 31.2 Å². The molecule has 2 aliphatic carbocycles. The number of pyridine rings is 1. The van der Waals surface area contributed by atoms with Gasteiger partial charge in [0.05, 0.1) is 31.3 Å². The molecular formula is C37H35F2N7O3. The summed E-state index contributed by atoms with van der Waals surface area (Å²) < 4.78 is 44.2. The predicted octanol–water partition coefficient (Wildman–Crippen LogP) is 4.62. The number of rotatable bonds is 8. The quantitative estimate of drug-likeness (QED) is 0.259. The van der Waals surface area contributed by atoms with Crippen LogP contribution in [0.2, 0.25) is 0 Å². The van der Waals surface area contributed by atoms with Gasteiger partial charge in [0, 0.05) is 61.2 Å². The maximum Gasteiger partial charge on any atom is 0.319 e. The highest BCUT2D eigenvalue weighted by Crippen LogP contribution is 2.54. The lowest BCUT2D eigenvalue weighted by Crippen LogP contribution is -2.51. The van der Waals surface area contributed by atoms with E-state index in [1.165, 1.54) is 31.4 Å². The van der Waals surface area contributed by atoms with Crippen LogP contribution in [0.5, 0.6) is 17.6 Å². The second kappa shape index (κ2) is 11.1. The number of piperidine rings is 1. The minimum atomic E-state index is -0.786. The summed E-state index contributed by atoms with van der Waals surface area (Å²) in [6, 6.07) is 8.51. The molecule has 250 valence electrons. The molecule has 5 heterocycles. The van der Waals surface area contributed by atoms with E-state index < -0.39 is 11.6 Å². The van der Waals surface area contributed by atoms with Crippen LogP contribution in [-0.2, 0) is 0 Å². The van der Waals surface area contributed by atoms with Gasteiger partial charge in [0.1, 0.15) is 34.0 Å². The maximum atomic E-state index is 17.1. The van der Waals surface area contributed by atoms with E-state index in [-0.39, 0.29) is 68.8 Å². The Morgan fingerprint density at radius 1 is 1.06 bits per heavy atom. The van der Waals surface area contributed by atoms with Gasteiger partial charge in [0.25, 0.3) is 0 Å². The first-order valence-electron chi connectivity index (χ1n) is 16.9. The van der Waals surface area contributed by atoms with Gasteiger partial charge < -0.3 is 29.7 Å². The van der Waals surface area contributed by atoms with Crippen molar-refractivity contribution < 1.29 is 23.4 Å². The average molecular weight is 664 g/mol. The summed E-state index contributed by atoms with van der Waals surface area (Å²) in [7, 11) is 1.45. The Hall–Kier alpha value is -4.78. The zero-order valence-corrected chi connectivity index (χ0v) is 27.0. The first-order chi connectivity index (χ1) is 23.8. The Morgan fingerprint density at radius 2 is 1.82 bits per heavy atom. The molecule has 2 N–H and O–H groups in total. The third-order valence-electron chi connectivity index (χ3n) is 11.3. The molecule has 5 aliphatic rings. The number of halogens is 2. The lowest BCUT2D eigenvalue weighted by molar-refractivity contribution is 0.161. The van der Waals surface area contributed by atoms with Crippen molar-refractivity contribution in [2.75, 3.05) is 51.3 Å². The molecule has 5 fully saturated rings. The van der Waals surface area contributed by atoms with Gasteiger partial charge in [0.2, 0.25) is 5.88 Å². The Balaban J connectivity index is 1.14. The molecule has 4 atom stereocenters. The number of nitrogens with zero attached hydrogens (tertiary/aromatic N) is 6. The van der Waals surface area contributed by atoms with Gasteiger partial charge in [-0.3, -0.25) is 0 Å². The molecule has 3 saturated heterocycles. The number of phenolic OH excluding ortho intramolecular Hbond substituents is 1. The molecule has 2 aromatic heterocycles. The molecule has 9 rings (SSSR count). The van der Waals surface area contributed by atoms with Gasteiger partial charge in [-0.15, -0.1) is 6.42 Å². The van der Waals surface area contributed by atoms with E-state index in [1.807, 2.05) is 0 Å². The summed E-state index contributed by atoms with van der Waals surface area (Å²) in [6.45, 7) is 4.50. The highest BCUT2D eigenvalue weighted by Gasteiger charge is 2.58. The van der Waals surface area contributed by atoms with Crippen LogP contribution in [0.3, 0.4) is 0 Å². The molecule has 49 heavy (non-hydrogen) atoms. The third-order valence-corrected chi connectivity index (χ3v) is 11.3. The summed E-state index contributed by atoms with van der Waals surface area (Å²) in [5, 5.41) is 24.6. The van der Waals surface area contributed by atoms with E-state index in [4.69, 9.17) is 20.9 Å². The van der Waals surface area contributed by atoms with Crippen LogP contribution >= 0.6 is 0 Å². The number of anilines is 1. The smallest absolute Gasteiger partial charge is 0.319 e. The van der Waals surface area contributed by atoms with Crippen molar-refractivity contribution in [2.45, 2.75) is 37.8 Å². The minimum Gasteiger partial charge on any atom is -0.508 e. The van der Waals surface area contributed by atoms with E-state index in [0.717, 1.165) is 45.3 Å². The van der Waals surface area contributed by atoms with Crippen LogP contribution in [0, 0.1) is 58.5 Å². The standard InChI is InChI=1S/C37H35F2N7O3/c1-3-23-28(38)7-4-19-10-22(47)11-24(29(19)23)32-31(39)33-30(35(42-32)48-2)34(46-13-20-5-6-21(14-46)41-20)44-36(43-33)49-18-37(8-9-37)17-45-15-26-25(12-40)27(26)16-45/h1,4,7,10-11,20-21,25-27,41,47H,5-6,8-9,13-18H2,2H3. The van der Waals surface area contributed by atoms with E-state index in [9.17, 15) is 14.8 Å². The van der Waals surface area contributed by atoms with Crippen molar-refractivity contribution in [3.8, 4) is 47.3 Å². The Kier molecular flexibility index (Phi) is 6.88. The van der Waals surface area contributed by atoms with Crippen molar-refractivity contribution >= 4 is 27.5 Å². The number of benzene rings is 2. The number of hydrogen-bond acceptors (Lipinski definition) is 10. The summed E-state index contributed by atoms with van der Waals surface area (Å²) in [4.78, 5) is 18.7. The number of likely N-dealkylation sites (tertiary alicyclic amines) is 1. The van der Waals surface area contributed by atoms with Gasteiger partial charge in [-0.1, -0.05) is 12.0 Å². The number of phenols is 1. The SMILES string of the molecule is C#Cc1c(F)ccc2cc(O)cc(-c3nc(OC)c4c(N5CC6CCC(C5)N6)nc(OCC5(CN6CC7C(C#N)C7C6)CC5)nc4c3F)c12. The number of hydrogen-bond donors (Lipinski definition) is 2. The topological polar surface area (TPSA) is 120 Å². The fourth-order valence-corrected chi connectivity index (χ4v) is 8.60. The first kappa shape index (κ1) is 30.3. The molecule has 2 bridgehead atoms. The van der Waals surface area contributed by atoms with E-state index >= 15 is 4.39 Å². The van der Waals surface area contributed by atoms with Gasteiger partial charge in [-0.05, 0) is 61.1 Å². The fraction of sp³-hybridized carbons (Fsp3) is 0.459. The van der Waals surface area contributed by atoms with E-state index in [1.54, 1.807) is 0 Å². The summed E-state index contributed by atoms with van der Waals surface area (Å²) in [5.41, 5.74) is -0.228. The number of methoxy groups -OCH3 is 1. The number of fused-ring (bicyclic) bond motifs is 5. The van der Waals surface area contributed by atoms with Crippen LogP contribution < -0.4 is 19.7 Å². The molecule has 0 amide bonds. The van der Waals surface area contributed by atoms with Crippen molar-refractivity contribution in [3.63, 3.8) is 0 Å². The fourth-order valence-electron chi connectivity index (χ4n) is 8.60. The summed E-state index contributed by atoms with van der Waals surface area (Å²) in [6.07, 6.45) is 9.82. The number of piperazine rings is 1.